The van der Waals surface area contributed by atoms with Gasteiger partial charge < -0.3 is 15.1 Å². The molecule has 0 radical (unpaired) electrons. The molecule has 0 aliphatic heterocycles. The summed E-state index contributed by atoms with van der Waals surface area (Å²) >= 11 is 0. The van der Waals surface area contributed by atoms with Gasteiger partial charge in [-0.25, -0.2) is 0 Å². The average Bonchev–Trinajstić information content (AvgIpc) is 1.99. The lowest BCUT2D eigenvalue weighted by molar-refractivity contribution is -0.119. The molecule has 0 aliphatic rings. The second-order valence-corrected chi connectivity index (χ2v) is 6.39. The highest BCUT2D eigenvalue weighted by Crippen LogP contribution is 2.36. The van der Waals surface area contributed by atoms with Gasteiger partial charge in [-0.1, -0.05) is 6.58 Å². The molecule has 3 N–H and O–H groups in total. The number of carbonyl (C=O) groups excluding carboxylic acids is 1. The first-order valence-electron chi connectivity index (χ1n) is 5.06. The Labute approximate surface area is 96.1 Å². The Bertz CT molecular complexity index is 319. The predicted octanol–water partition coefficient (Wildman–Crippen LogP) is 1.42. The summed E-state index contributed by atoms with van der Waals surface area (Å²) in [6, 6.07) is 0. The van der Waals surface area contributed by atoms with Crippen LogP contribution in [0.4, 0.5) is 0 Å². The van der Waals surface area contributed by atoms with Crippen molar-refractivity contribution in [2.45, 2.75) is 39.2 Å². The van der Waals surface area contributed by atoms with Gasteiger partial charge >= 0.3 is 7.60 Å². The number of rotatable bonds is 6. The highest BCUT2D eigenvalue weighted by molar-refractivity contribution is 7.51. The third kappa shape index (κ3) is 7.63. The van der Waals surface area contributed by atoms with E-state index in [1.54, 1.807) is 6.92 Å². The van der Waals surface area contributed by atoms with E-state index < -0.39 is 13.1 Å². The van der Waals surface area contributed by atoms with Crippen LogP contribution >= 0.6 is 7.60 Å². The standard InChI is InChI=1S/C10H20NO4P/c1-8(2)9(12)11-10(3,4)6-5-7-16(13,14)15/h1,5-7H2,2-4H3,(H,11,12)(H2,13,14,15). The molecule has 0 fully saturated rings. The highest BCUT2D eigenvalue weighted by Gasteiger charge is 2.22. The molecule has 0 saturated heterocycles. The molecule has 0 bridgehead atoms. The van der Waals surface area contributed by atoms with Crippen molar-refractivity contribution in [3.05, 3.63) is 12.2 Å². The van der Waals surface area contributed by atoms with Gasteiger partial charge in [0.1, 0.15) is 0 Å². The molecule has 0 rings (SSSR count). The smallest absolute Gasteiger partial charge is 0.325 e. The largest absolute Gasteiger partial charge is 0.347 e. The summed E-state index contributed by atoms with van der Waals surface area (Å²) < 4.78 is 10.6. The molecule has 1 amide bonds. The molecule has 6 heteroatoms. The van der Waals surface area contributed by atoms with Crippen molar-refractivity contribution in [2.24, 2.45) is 0 Å². The van der Waals surface area contributed by atoms with E-state index in [1.165, 1.54) is 0 Å². The molecule has 0 aromatic heterocycles. The minimum atomic E-state index is -3.94. The van der Waals surface area contributed by atoms with E-state index in [2.05, 4.69) is 11.9 Å². The summed E-state index contributed by atoms with van der Waals surface area (Å²) in [6.07, 6.45) is 0.726. The molecule has 16 heavy (non-hydrogen) atoms. The van der Waals surface area contributed by atoms with Crippen LogP contribution in [-0.4, -0.2) is 27.4 Å². The third-order valence-electron chi connectivity index (χ3n) is 2.09. The molecule has 0 saturated carbocycles. The summed E-state index contributed by atoms with van der Waals surface area (Å²) in [4.78, 5) is 28.7. The molecule has 0 atom stereocenters. The topological polar surface area (TPSA) is 86.6 Å². The van der Waals surface area contributed by atoms with Crippen LogP contribution in [0.2, 0.25) is 0 Å². The lowest BCUT2D eigenvalue weighted by Gasteiger charge is -2.26. The fourth-order valence-electron chi connectivity index (χ4n) is 1.20. The van der Waals surface area contributed by atoms with E-state index in [4.69, 9.17) is 9.79 Å². The van der Waals surface area contributed by atoms with E-state index >= 15 is 0 Å². The van der Waals surface area contributed by atoms with Crippen LogP contribution in [0, 0.1) is 0 Å². The first-order valence-corrected chi connectivity index (χ1v) is 6.86. The van der Waals surface area contributed by atoms with Crippen LogP contribution in [0.25, 0.3) is 0 Å². The van der Waals surface area contributed by atoms with Crippen LogP contribution in [0.1, 0.15) is 33.6 Å². The number of hydrogen-bond donors (Lipinski definition) is 3. The Morgan fingerprint density at radius 2 is 1.94 bits per heavy atom. The van der Waals surface area contributed by atoms with Crippen molar-refractivity contribution >= 4 is 13.5 Å². The van der Waals surface area contributed by atoms with E-state index in [1.807, 2.05) is 13.8 Å². The molecule has 0 aliphatic carbocycles. The van der Waals surface area contributed by atoms with Gasteiger partial charge in [-0.3, -0.25) is 9.36 Å². The number of carbonyl (C=O) groups is 1. The maximum atomic E-state index is 11.4. The van der Waals surface area contributed by atoms with Crippen molar-refractivity contribution in [2.75, 3.05) is 6.16 Å². The van der Waals surface area contributed by atoms with Crippen molar-refractivity contribution in [3.63, 3.8) is 0 Å². The van der Waals surface area contributed by atoms with Crippen LogP contribution in [0.3, 0.4) is 0 Å². The summed E-state index contributed by atoms with van der Waals surface area (Å²) in [6.45, 7) is 8.76. The maximum absolute atomic E-state index is 11.4. The quantitative estimate of drug-likeness (QED) is 0.490. The SMILES string of the molecule is C=C(C)C(=O)NC(C)(C)CCCP(=O)(O)O. The van der Waals surface area contributed by atoms with Gasteiger partial charge in [-0.2, -0.15) is 0 Å². The van der Waals surface area contributed by atoms with Gasteiger partial charge in [0.05, 0.1) is 0 Å². The number of nitrogens with one attached hydrogen (secondary N) is 1. The number of amides is 1. The highest BCUT2D eigenvalue weighted by atomic mass is 31.2. The van der Waals surface area contributed by atoms with Crippen LogP contribution in [0.15, 0.2) is 12.2 Å². The molecule has 94 valence electrons. The van der Waals surface area contributed by atoms with Gasteiger partial charge in [0.25, 0.3) is 0 Å². The van der Waals surface area contributed by atoms with Gasteiger partial charge in [0, 0.05) is 17.3 Å². The molecule has 0 aromatic carbocycles. The first-order chi connectivity index (χ1) is 7.03. The normalized spacial score (nSPS) is 12.3. The third-order valence-corrected chi connectivity index (χ3v) is 2.99. The molecule has 0 heterocycles. The van der Waals surface area contributed by atoms with E-state index in [-0.39, 0.29) is 12.1 Å². The van der Waals surface area contributed by atoms with Crippen molar-refractivity contribution in [3.8, 4) is 0 Å². The van der Waals surface area contributed by atoms with Crippen LogP contribution in [-0.2, 0) is 9.36 Å². The number of hydrogen-bond acceptors (Lipinski definition) is 2. The zero-order chi connectivity index (χ0) is 13.0. The summed E-state index contributed by atoms with van der Waals surface area (Å²) in [7, 11) is -3.94. The van der Waals surface area contributed by atoms with E-state index in [0.717, 1.165) is 0 Å². The Hall–Kier alpha value is -0.640. The van der Waals surface area contributed by atoms with Gasteiger partial charge in [0.15, 0.2) is 0 Å². The van der Waals surface area contributed by atoms with Crippen molar-refractivity contribution in [1.29, 1.82) is 0 Å². The minimum absolute atomic E-state index is 0.153. The first kappa shape index (κ1) is 15.4. The predicted molar refractivity (Wildman–Crippen MR) is 63.2 cm³/mol. The fourth-order valence-corrected chi connectivity index (χ4v) is 1.77. The Morgan fingerprint density at radius 1 is 1.44 bits per heavy atom. The lowest BCUT2D eigenvalue weighted by Crippen LogP contribution is -2.43. The molecule has 0 aromatic rings. The Morgan fingerprint density at radius 3 is 2.31 bits per heavy atom. The van der Waals surface area contributed by atoms with Crippen LogP contribution < -0.4 is 5.32 Å². The molecule has 0 spiro atoms. The second kappa shape index (κ2) is 5.62. The van der Waals surface area contributed by atoms with Crippen LogP contribution in [0.5, 0.6) is 0 Å². The fraction of sp³-hybridized carbons (Fsp3) is 0.700. The maximum Gasteiger partial charge on any atom is 0.325 e. The average molecular weight is 249 g/mol. The molecular weight excluding hydrogens is 229 g/mol. The van der Waals surface area contributed by atoms with Crippen molar-refractivity contribution in [1.82, 2.24) is 5.32 Å². The lowest BCUT2D eigenvalue weighted by atomic mass is 9.98. The Kier molecular flexibility index (Phi) is 5.39. The molecule has 5 nitrogen and oxygen atoms in total. The Balaban J connectivity index is 4.11. The summed E-state index contributed by atoms with van der Waals surface area (Å²) in [5, 5.41) is 2.75. The van der Waals surface area contributed by atoms with E-state index in [0.29, 0.717) is 18.4 Å². The van der Waals surface area contributed by atoms with Gasteiger partial charge in [0.2, 0.25) is 5.91 Å². The second-order valence-electron chi connectivity index (χ2n) is 4.61. The van der Waals surface area contributed by atoms with Crippen molar-refractivity contribution < 1.29 is 19.1 Å². The molecular formula is C10H20NO4P. The summed E-state index contributed by atoms with van der Waals surface area (Å²) in [5.41, 5.74) is -0.0614. The molecule has 0 unspecified atom stereocenters. The zero-order valence-corrected chi connectivity index (χ0v) is 10.9. The van der Waals surface area contributed by atoms with Gasteiger partial charge in [-0.15, -0.1) is 0 Å². The summed E-state index contributed by atoms with van der Waals surface area (Å²) in [5.74, 6) is -0.235. The van der Waals surface area contributed by atoms with Gasteiger partial charge in [-0.05, 0) is 33.6 Å². The minimum Gasteiger partial charge on any atom is -0.347 e. The zero-order valence-electron chi connectivity index (χ0n) is 9.99. The monoisotopic (exact) mass is 249 g/mol. The van der Waals surface area contributed by atoms with E-state index in [9.17, 15) is 9.36 Å².